The van der Waals surface area contributed by atoms with E-state index in [1.54, 1.807) is 0 Å². The van der Waals surface area contributed by atoms with Crippen molar-refractivity contribution in [3.8, 4) is 0 Å². The first-order chi connectivity index (χ1) is 8.91. The molecule has 0 aromatic carbocycles. The van der Waals surface area contributed by atoms with E-state index in [4.69, 9.17) is 5.73 Å². The molecule has 2 aromatic rings. The third kappa shape index (κ3) is 2.32. The zero-order chi connectivity index (χ0) is 14.2. The molecule has 2 aromatic heterocycles. The fraction of sp³-hybridized carbons (Fsp3) is 0.300. The molecule has 0 aliphatic carbocycles. The van der Waals surface area contributed by atoms with Gasteiger partial charge in [-0.05, 0) is 6.92 Å². The van der Waals surface area contributed by atoms with Gasteiger partial charge in [-0.2, -0.15) is 0 Å². The normalized spacial score (nSPS) is 11.3. The second-order valence-electron chi connectivity index (χ2n) is 3.91. The lowest BCUT2D eigenvalue weighted by Crippen LogP contribution is -2.37. The largest absolute Gasteiger partial charge is 0.383 e. The van der Waals surface area contributed by atoms with E-state index in [0.29, 0.717) is 5.13 Å². The number of anilines is 1. The summed E-state index contributed by atoms with van der Waals surface area (Å²) in [4.78, 5) is 27.6. The minimum atomic E-state index is -0.586. The van der Waals surface area contributed by atoms with E-state index in [2.05, 4.69) is 15.2 Å². The maximum Gasteiger partial charge on any atom is 0.332 e. The summed E-state index contributed by atoms with van der Waals surface area (Å²) in [7, 11) is 2.82. The van der Waals surface area contributed by atoms with Gasteiger partial charge in [0.25, 0.3) is 5.56 Å². The minimum Gasteiger partial charge on any atom is -0.383 e. The Kier molecular flexibility index (Phi) is 3.30. The highest BCUT2D eigenvalue weighted by Crippen LogP contribution is 2.22. The summed E-state index contributed by atoms with van der Waals surface area (Å²) in [5, 5.41) is 9.90. The van der Waals surface area contributed by atoms with Gasteiger partial charge in [0.1, 0.15) is 5.82 Å². The van der Waals surface area contributed by atoms with Crippen LogP contribution in [0.2, 0.25) is 0 Å². The van der Waals surface area contributed by atoms with E-state index < -0.39 is 11.2 Å². The van der Waals surface area contributed by atoms with Crippen LogP contribution in [0.15, 0.2) is 25.2 Å². The average molecular weight is 280 g/mol. The van der Waals surface area contributed by atoms with Gasteiger partial charge in [-0.15, -0.1) is 21.6 Å². The zero-order valence-corrected chi connectivity index (χ0v) is 11.4. The maximum atomic E-state index is 11.9. The van der Waals surface area contributed by atoms with Crippen LogP contribution in [0.1, 0.15) is 5.69 Å². The van der Waals surface area contributed by atoms with Gasteiger partial charge < -0.3 is 5.73 Å². The number of aromatic nitrogens is 3. The lowest BCUT2D eigenvalue weighted by atomic mass is 10.4. The van der Waals surface area contributed by atoms with Crippen LogP contribution in [-0.2, 0) is 14.1 Å². The Morgan fingerprint density at radius 2 is 1.95 bits per heavy atom. The Morgan fingerprint density at radius 1 is 1.26 bits per heavy atom. The molecule has 9 heteroatoms. The minimum absolute atomic E-state index is 0.0230. The molecule has 8 nitrogen and oxygen atoms in total. The van der Waals surface area contributed by atoms with Crippen LogP contribution in [0.3, 0.4) is 0 Å². The Morgan fingerprint density at radius 3 is 2.53 bits per heavy atom. The van der Waals surface area contributed by atoms with E-state index in [-0.39, 0.29) is 11.5 Å². The smallest absolute Gasteiger partial charge is 0.332 e. The monoisotopic (exact) mass is 280 g/mol. The maximum absolute atomic E-state index is 11.9. The Balaban J connectivity index is 2.55. The van der Waals surface area contributed by atoms with Gasteiger partial charge >= 0.3 is 5.69 Å². The number of thiazole rings is 1. The Hall–Kier alpha value is -2.29. The molecule has 0 bridgehead atoms. The van der Waals surface area contributed by atoms with Crippen LogP contribution < -0.4 is 17.0 Å². The van der Waals surface area contributed by atoms with Crippen LogP contribution >= 0.6 is 11.3 Å². The molecule has 0 atom stereocenters. The summed E-state index contributed by atoms with van der Waals surface area (Å²) >= 11 is 1.30. The number of aryl methyl sites for hydroxylation is 1. The van der Waals surface area contributed by atoms with Crippen molar-refractivity contribution in [3.05, 3.63) is 31.9 Å². The SMILES string of the molecule is Cc1csc(N=Nc2c(N)n(C)c(=O)n(C)c2=O)n1. The zero-order valence-electron chi connectivity index (χ0n) is 10.6. The van der Waals surface area contributed by atoms with Crippen LogP contribution in [0.25, 0.3) is 0 Å². The predicted molar refractivity (Wildman–Crippen MR) is 72.4 cm³/mol. The van der Waals surface area contributed by atoms with E-state index in [1.165, 1.54) is 25.4 Å². The van der Waals surface area contributed by atoms with Crippen LogP contribution in [0.4, 0.5) is 16.6 Å². The topological polar surface area (TPSA) is 108 Å². The molecule has 0 aliphatic rings. The lowest BCUT2D eigenvalue weighted by molar-refractivity contribution is 0.694. The Labute approximate surface area is 111 Å². The van der Waals surface area contributed by atoms with Crippen molar-refractivity contribution in [1.82, 2.24) is 14.1 Å². The molecule has 2 N–H and O–H groups in total. The molecule has 19 heavy (non-hydrogen) atoms. The summed E-state index contributed by atoms with van der Waals surface area (Å²) in [6.45, 7) is 1.83. The molecule has 2 heterocycles. The average Bonchev–Trinajstić information content (AvgIpc) is 2.80. The summed E-state index contributed by atoms with van der Waals surface area (Å²) in [6, 6.07) is 0. The number of nitrogen functional groups attached to an aromatic ring is 1. The number of rotatable bonds is 2. The first-order valence-electron chi connectivity index (χ1n) is 5.31. The Bertz CT molecular complexity index is 769. The first-order valence-corrected chi connectivity index (χ1v) is 6.19. The number of azo groups is 1. The first kappa shape index (κ1) is 13.1. The number of nitrogens with two attached hydrogens (primary N) is 1. The van der Waals surface area contributed by atoms with Gasteiger partial charge in [-0.25, -0.2) is 9.78 Å². The highest BCUT2D eigenvalue weighted by Gasteiger charge is 2.12. The molecule has 0 saturated carbocycles. The van der Waals surface area contributed by atoms with E-state index >= 15 is 0 Å². The van der Waals surface area contributed by atoms with Gasteiger partial charge in [-0.3, -0.25) is 13.9 Å². The third-order valence-corrected chi connectivity index (χ3v) is 3.37. The van der Waals surface area contributed by atoms with E-state index in [0.717, 1.165) is 14.8 Å². The summed E-state index contributed by atoms with van der Waals surface area (Å²) in [6.07, 6.45) is 0. The van der Waals surface area contributed by atoms with Gasteiger partial charge in [0.15, 0.2) is 5.69 Å². The number of hydrogen-bond donors (Lipinski definition) is 1. The second-order valence-corrected chi connectivity index (χ2v) is 4.75. The van der Waals surface area contributed by atoms with Crippen molar-refractivity contribution in [1.29, 1.82) is 0 Å². The number of nitrogens with zero attached hydrogens (tertiary/aromatic N) is 5. The van der Waals surface area contributed by atoms with Crippen molar-refractivity contribution < 1.29 is 0 Å². The van der Waals surface area contributed by atoms with Crippen LogP contribution in [-0.4, -0.2) is 14.1 Å². The third-order valence-electron chi connectivity index (χ3n) is 2.53. The molecule has 0 spiro atoms. The molecule has 100 valence electrons. The highest BCUT2D eigenvalue weighted by atomic mass is 32.1. The molecule has 0 aliphatic heterocycles. The van der Waals surface area contributed by atoms with E-state index in [1.807, 2.05) is 12.3 Å². The number of hydrogen-bond acceptors (Lipinski definition) is 7. The van der Waals surface area contributed by atoms with Crippen LogP contribution in [0, 0.1) is 6.92 Å². The van der Waals surface area contributed by atoms with Gasteiger partial charge in [0, 0.05) is 19.5 Å². The lowest BCUT2D eigenvalue weighted by Gasteiger charge is -2.06. The molecular formula is C10H12N6O2S. The molecule has 0 amide bonds. The quantitative estimate of drug-likeness (QED) is 0.822. The molecule has 0 unspecified atom stereocenters. The van der Waals surface area contributed by atoms with Crippen molar-refractivity contribution >= 4 is 28.0 Å². The fourth-order valence-corrected chi connectivity index (χ4v) is 2.03. The standard InChI is InChI=1S/C10H12N6O2S/c1-5-4-19-9(12-5)14-13-6-7(11)15(2)10(18)16(3)8(6)17/h4H,11H2,1-3H3. The highest BCUT2D eigenvalue weighted by molar-refractivity contribution is 7.13. The second kappa shape index (κ2) is 4.76. The van der Waals surface area contributed by atoms with Crippen molar-refractivity contribution in [2.75, 3.05) is 5.73 Å². The molecule has 0 saturated heterocycles. The van der Waals surface area contributed by atoms with Crippen LogP contribution in [0.5, 0.6) is 0 Å². The summed E-state index contributed by atoms with van der Waals surface area (Å²) in [5.41, 5.74) is 5.36. The summed E-state index contributed by atoms with van der Waals surface area (Å²) in [5.74, 6) is -0.0230. The molecule has 2 rings (SSSR count). The van der Waals surface area contributed by atoms with Gasteiger partial charge in [0.05, 0.1) is 5.69 Å². The summed E-state index contributed by atoms with van der Waals surface area (Å²) < 4.78 is 2.07. The van der Waals surface area contributed by atoms with Crippen molar-refractivity contribution in [3.63, 3.8) is 0 Å². The fourth-order valence-electron chi connectivity index (χ4n) is 1.42. The van der Waals surface area contributed by atoms with Crippen molar-refractivity contribution in [2.45, 2.75) is 6.92 Å². The predicted octanol–water partition coefficient (Wildman–Crippen LogP) is 0.847. The van der Waals surface area contributed by atoms with Gasteiger partial charge in [-0.1, -0.05) is 0 Å². The molecule has 0 fully saturated rings. The molecule has 0 radical (unpaired) electrons. The van der Waals surface area contributed by atoms with Gasteiger partial charge in [0.2, 0.25) is 5.13 Å². The van der Waals surface area contributed by atoms with Crippen molar-refractivity contribution in [2.24, 2.45) is 24.3 Å². The van der Waals surface area contributed by atoms with E-state index in [9.17, 15) is 9.59 Å². The molecular weight excluding hydrogens is 268 g/mol.